The number of likely N-dealkylation sites (tertiary alicyclic amines) is 1. The van der Waals surface area contributed by atoms with E-state index in [9.17, 15) is 0 Å². The quantitative estimate of drug-likeness (QED) is 0.375. The van der Waals surface area contributed by atoms with Crippen molar-refractivity contribution in [2.75, 3.05) is 77.1 Å². The molecule has 4 heterocycles. The lowest BCUT2D eigenvalue weighted by atomic mass is 10.2. The summed E-state index contributed by atoms with van der Waals surface area (Å²) in [6.45, 7) is 11.2. The maximum absolute atomic E-state index is 6.58. The Bertz CT molecular complexity index is 930. The second-order valence-corrected chi connectivity index (χ2v) is 9.82. The van der Waals surface area contributed by atoms with E-state index in [1.54, 1.807) is 0 Å². The van der Waals surface area contributed by atoms with Gasteiger partial charge in [-0.25, -0.2) is 9.97 Å². The molecule has 34 heavy (non-hydrogen) atoms. The second-order valence-electron chi connectivity index (χ2n) is 9.46. The first kappa shape index (κ1) is 23.8. The van der Waals surface area contributed by atoms with E-state index >= 15 is 0 Å². The molecule has 184 valence electrons. The zero-order valence-electron chi connectivity index (χ0n) is 20.1. The van der Waals surface area contributed by atoms with Gasteiger partial charge in [0.05, 0.1) is 19.8 Å². The largest absolute Gasteiger partial charge is 0.494 e. The lowest BCUT2D eigenvalue weighted by Gasteiger charge is -2.26. The first-order chi connectivity index (χ1) is 16.8. The number of nitrogens with zero attached hydrogens (tertiary/aromatic N) is 5. The predicted octanol–water partition coefficient (Wildman–Crippen LogP) is 3.75. The zero-order chi connectivity index (χ0) is 23.2. The van der Waals surface area contributed by atoms with Crippen LogP contribution < -0.4 is 9.64 Å². The molecule has 0 saturated carbocycles. The number of hydrogen-bond donors (Lipinski definition) is 0. The van der Waals surface area contributed by atoms with Crippen LogP contribution in [0.1, 0.15) is 31.2 Å². The van der Waals surface area contributed by atoms with Crippen LogP contribution in [0.15, 0.2) is 24.3 Å². The third kappa shape index (κ3) is 6.00. The molecule has 0 bridgehead atoms. The van der Waals surface area contributed by atoms with Gasteiger partial charge in [-0.2, -0.15) is 0 Å². The first-order valence-electron chi connectivity index (χ1n) is 12.8. The van der Waals surface area contributed by atoms with Crippen LogP contribution >= 0.6 is 11.6 Å². The van der Waals surface area contributed by atoms with Crippen LogP contribution in [-0.4, -0.2) is 91.9 Å². The number of ether oxygens (including phenoxy) is 2. The van der Waals surface area contributed by atoms with Crippen molar-refractivity contribution in [2.45, 2.75) is 32.1 Å². The standard InChI is InChI=1S/C26H36ClN5O2/c27-24-23-9-15-32(14-3-12-30-10-1-2-11-30)26(23)29-25(28-24)21-5-7-22(8-6-21)34-18-4-13-31-16-19-33-20-17-31/h5-8H,1-4,9-20H2. The maximum atomic E-state index is 6.58. The highest BCUT2D eigenvalue weighted by atomic mass is 35.5. The van der Waals surface area contributed by atoms with Crippen molar-refractivity contribution in [1.82, 2.24) is 19.8 Å². The Kier molecular flexibility index (Phi) is 8.17. The average Bonchev–Trinajstić information content (AvgIpc) is 3.54. The van der Waals surface area contributed by atoms with E-state index < -0.39 is 0 Å². The Morgan fingerprint density at radius 2 is 1.59 bits per heavy atom. The average molecular weight is 486 g/mol. The van der Waals surface area contributed by atoms with Crippen LogP contribution in [0, 0.1) is 0 Å². The summed E-state index contributed by atoms with van der Waals surface area (Å²) in [5.41, 5.74) is 2.06. The van der Waals surface area contributed by atoms with Gasteiger partial charge in [0, 0.05) is 43.9 Å². The SMILES string of the molecule is Clc1nc(-c2ccc(OCCCN3CCOCC3)cc2)nc2c1CCN2CCCN1CCCC1. The van der Waals surface area contributed by atoms with Gasteiger partial charge in [0.1, 0.15) is 16.7 Å². The summed E-state index contributed by atoms with van der Waals surface area (Å²) < 4.78 is 11.4. The van der Waals surface area contributed by atoms with Crippen LogP contribution in [0.2, 0.25) is 5.15 Å². The number of rotatable bonds is 10. The number of anilines is 1. The van der Waals surface area contributed by atoms with Crippen molar-refractivity contribution in [3.63, 3.8) is 0 Å². The van der Waals surface area contributed by atoms with E-state index in [0.717, 1.165) is 87.9 Å². The van der Waals surface area contributed by atoms with Crippen LogP contribution in [-0.2, 0) is 11.2 Å². The minimum Gasteiger partial charge on any atom is -0.494 e. The molecular formula is C26H36ClN5O2. The topological polar surface area (TPSA) is 54.0 Å². The third-order valence-corrected chi connectivity index (χ3v) is 7.38. The summed E-state index contributed by atoms with van der Waals surface area (Å²) in [5.74, 6) is 2.58. The molecule has 3 aliphatic rings. The highest BCUT2D eigenvalue weighted by Crippen LogP contribution is 2.33. The van der Waals surface area contributed by atoms with Gasteiger partial charge in [-0.3, -0.25) is 4.90 Å². The Balaban J connectivity index is 1.15. The van der Waals surface area contributed by atoms with E-state index in [-0.39, 0.29) is 0 Å². The molecule has 2 aromatic rings. The van der Waals surface area contributed by atoms with Crippen molar-refractivity contribution in [1.29, 1.82) is 0 Å². The van der Waals surface area contributed by atoms with Gasteiger partial charge in [-0.05, 0) is 76.0 Å². The highest BCUT2D eigenvalue weighted by Gasteiger charge is 2.25. The highest BCUT2D eigenvalue weighted by molar-refractivity contribution is 6.30. The molecule has 2 fully saturated rings. The molecule has 7 nitrogen and oxygen atoms in total. The van der Waals surface area contributed by atoms with Gasteiger partial charge in [0.2, 0.25) is 0 Å². The van der Waals surface area contributed by atoms with Crippen LogP contribution in [0.4, 0.5) is 5.82 Å². The molecule has 0 unspecified atom stereocenters. The molecule has 0 amide bonds. The maximum Gasteiger partial charge on any atom is 0.163 e. The number of morpholine rings is 1. The van der Waals surface area contributed by atoms with Crippen molar-refractivity contribution in [3.05, 3.63) is 35.0 Å². The van der Waals surface area contributed by atoms with Gasteiger partial charge >= 0.3 is 0 Å². The molecule has 2 saturated heterocycles. The lowest BCUT2D eigenvalue weighted by molar-refractivity contribution is 0.0358. The Hall–Kier alpha value is -1.93. The fourth-order valence-electron chi connectivity index (χ4n) is 5.12. The van der Waals surface area contributed by atoms with Crippen LogP contribution in [0.5, 0.6) is 5.75 Å². The van der Waals surface area contributed by atoms with Crippen LogP contribution in [0.3, 0.4) is 0 Å². The predicted molar refractivity (Wildman–Crippen MR) is 136 cm³/mol. The summed E-state index contributed by atoms with van der Waals surface area (Å²) in [6, 6.07) is 8.06. The summed E-state index contributed by atoms with van der Waals surface area (Å²) in [7, 11) is 0. The molecule has 0 spiro atoms. The molecule has 3 aliphatic heterocycles. The minimum absolute atomic E-state index is 0.588. The second kappa shape index (κ2) is 11.7. The number of hydrogen-bond acceptors (Lipinski definition) is 7. The summed E-state index contributed by atoms with van der Waals surface area (Å²) in [4.78, 5) is 16.9. The van der Waals surface area contributed by atoms with Crippen molar-refractivity contribution >= 4 is 17.4 Å². The Morgan fingerprint density at radius 3 is 2.38 bits per heavy atom. The number of aromatic nitrogens is 2. The molecule has 5 rings (SSSR count). The summed E-state index contributed by atoms with van der Waals surface area (Å²) in [5, 5.41) is 0.588. The number of halogens is 1. The third-order valence-electron chi connectivity index (χ3n) is 7.07. The number of fused-ring (bicyclic) bond motifs is 1. The van der Waals surface area contributed by atoms with Gasteiger partial charge in [0.15, 0.2) is 5.82 Å². The van der Waals surface area contributed by atoms with Gasteiger partial charge in [-0.1, -0.05) is 11.6 Å². The van der Waals surface area contributed by atoms with E-state index in [1.807, 2.05) is 24.3 Å². The molecule has 0 radical (unpaired) electrons. The van der Waals surface area contributed by atoms with Crippen molar-refractivity contribution in [3.8, 4) is 17.1 Å². The van der Waals surface area contributed by atoms with Gasteiger partial charge < -0.3 is 19.3 Å². The van der Waals surface area contributed by atoms with E-state index in [0.29, 0.717) is 17.6 Å². The molecule has 0 aliphatic carbocycles. The molecule has 1 aromatic carbocycles. The Labute approximate surface area is 208 Å². The molecular weight excluding hydrogens is 450 g/mol. The normalized spacial score (nSPS) is 19.0. The van der Waals surface area contributed by atoms with E-state index in [2.05, 4.69) is 19.7 Å². The van der Waals surface area contributed by atoms with Crippen molar-refractivity contribution in [2.24, 2.45) is 0 Å². The lowest BCUT2D eigenvalue weighted by Crippen LogP contribution is -2.37. The molecule has 8 heteroatoms. The van der Waals surface area contributed by atoms with E-state index in [4.69, 9.17) is 26.1 Å². The fourth-order valence-corrected chi connectivity index (χ4v) is 5.38. The number of benzene rings is 1. The molecule has 1 aromatic heterocycles. The molecule has 0 atom stereocenters. The summed E-state index contributed by atoms with van der Waals surface area (Å²) in [6.07, 6.45) is 5.79. The van der Waals surface area contributed by atoms with Crippen LogP contribution in [0.25, 0.3) is 11.4 Å². The van der Waals surface area contributed by atoms with Crippen molar-refractivity contribution < 1.29 is 9.47 Å². The fraction of sp³-hybridized carbons (Fsp3) is 0.615. The smallest absolute Gasteiger partial charge is 0.163 e. The summed E-state index contributed by atoms with van der Waals surface area (Å²) >= 11 is 6.58. The minimum atomic E-state index is 0.588. The zero-order valence-corrected chi connectivity index (χ0v) is 20.8. The molecule has 0 N–H and O–H groups in total. The first-order valence-corrected chi connectivity index (χ1v) is 13.2. The van der Waals surface area contributed by atoms with E-state index in [1.165, 1.54) is 32.5 Å². The van der Waals surface area contributed by atoms with Gasteiger partial charge in [0.25, 0.3) is 0 Å². The Morgan fingerprint density at radius 1 is 0.853 bits per heavy atom. The monoisotopic (exact) mass is 485 g/mol. The van der Waals surface area contributed by atoms with Gasteiger partial charge in [-0.15, -0.1) is 0 Å².